The van der Waals surface area contributed by atoms with Crippen molar-refractivity contribution in [2.24, 2.45) is 40.0 Å². The first-order valence-electron chi connectivity index (χ1n) is 44.1. The van der Waals surface area contributed by atoms with E-state index in [1.807, 2.05) is 99.4 Å². The van der Waals surface area contributed by atoms with Crippen molar-refractivity contribution in [1.29, 1.82) is 0 Å². The van der Waals surface area contributed by atoms with Gasteiger partial charge < -0.3 is 44.4 Å². The van der Waals surface area contributed by atoms with Gasteiger partial charge in [-0.1, -0.05) is 67.4 Å². The minimum atomic E-state index is -3.95. The third-order valence-electron chi connectivity index (χ3n) is 25.1. The van der Waals surface area contributed by atoms with Crippen LogP contribution in [0, 0.1) is 11.8 Å². The Hall–Kier alpha value is -13.3. The lowest BCUT2D eigenvalue weighted by atomic mass is 9.84. The number of hydrogen-bond donors (Lipinski definition) is 1. The molecule has 130 heavy (non-hydrogen) atoms. The number of carbonyl (C=O) groups excluding carboxylic acids is 3. The summed E-state index contributed by atoms with van der Waals surface area (Å²) in [6.07, 6.45) is 30.6. The molecule has 15 heterocycles. The molecule has 6 fully saturated rings. The van der Waals surface area contributed by atoms with Crippen LogP contribution in [0.2, 0.25) is 0 Å². The molecule has 4 saturated heterocycles. The van der Waals surface area contributed by atoms with E-state index in [4.69, 9.17) is 4.74 Å². The molecule has 3 aromatic carbocycles. The highest BCUT2D eigenvalue weighted by Gasteiger charge is 2.38. The maximum atomic E-state index is 13.9. The van der Waals surface area contributed by atoms with Crippen molar-refractivity contribution in [2.75, 3.05) is 124 Å². The van der Waals surface area contributed by atoms with Crippen molar-refractivity contribution < 1.29 is 44.4 Å². The maximum Gasteiger partial charge on any atom is 0.410 e. The number of nitrogens with one attached hydrogen (secondary N) is 1. The molecule has 1 N–H and O–H groups in total. The minimum Gasteiger partial charge on any atom is -0.444 e. The van der Waals surface area contributed by atoms with Crippen LogP contribution in [0.1, 0.15) is 76.1 Å². The quantitative estimate of drug-likeness (QED) is 0.0939. The summed E-state index contributed by atoms with van der Waals surface area (Å²) in [6.45, 7) is 17.4. The molecular formula is C94H105N23O10S3. The summed E-state index contributed by atoms with van der Waals surface area (Å²) < 4.78 is 99.0. The fourth-order valence-electron chi connectivity index (χ4n) is 17.9. The van der Waals surface area contributed by atoms with Crippen LogP contribution in [-0.2, 0) is 79.0 Å². The predicted molar refractivity (Wildman–Crippen MR) is 499 cm³/mol. The molecule has 36 heteroatoms. The lowest BCUT2D eigenvalue weighted by Gasteiger charge is -2.39. The number of aryl methyl sites for hydroxylation is 4. The molecule has 21 rings (SSSR count). The van der Waals surface area contributed by atoms with Crippen LogP contribution in [0.15, 0.2) is 223 Å². The summed E-state index contributed by atoms with van der Waals surface area (Å²) in [4.78, 5) is 71.3. The smallest absolute Gasteiger partial charge is 0.410 e. The van der Waals surface area contributed by atoms with E-state index in [9.17, 15) is 39.6 Å². The molecule has 4 aliphatic heterocycles. The zero-order valence-electron chi connectivity index (χ0n) is 73.8. The monoisotopic (exact) mass is 1810 g/mol. The largest absolute Gasteiger partial charge is 0.444 e. The second kappa shape index (κ2) is 36.3. The van der Waals surface area contributed by atoms with Crippen molar-refractivity contribution in [3.05, 3.63) is 225 Å². The highest BCUT2D eigenvalue weighted by Crippen LogP contribution is 2.43. The van der Waals surface area contributed by atoms with Gasteiger partial charge in [-0.3, -0.25) is 33.3 Å². The fourth-order valence-corrected chi connectivity index (χ4v) is 22.4. The van der Waals surface area contributed by atoms with Crippen molar-refractivity contribution in [3.8, 4) is 33.8 Å². The third kappa shape index (κ3) is 17.7. The van der Waals surface area contributed by atoms with Gasteiger partial charge in [0.2, 0.25) is 11.8 Å². The summed E-state index contributed by atoms with van der Waals surface area (Å²) in [5.74, 6) is 1.15. The molecule has 0 radical (unpaired) electrons. The topological polar surface area (TPSA) is 335 Å². The Balaban J connectivity index is 0.000000117. The summed E-state index contributed by atoms with van der Waals surface area (Å²) in [5.41, 5.74) is 13.1. The zero-order chi connectivity index (χ0) is 90.3. The fraction of sp³-hybridized carbons (Fsp3) is 0.351. The second-order valence-corrected chi connectivity index (χ2v) is 40.1. The highest BCUT2D eigenvalue weighted by molar-refractivity contribution is 7.90. The molecule has 3 amide bonds. The highest BCUT2D eigenvalue weighted by atomic mass is 32.2. The van der Waals surface area contributed by atoms with Crippen molar-refractivity contribution in [3.63, 3.8) is 0 Å². The number of allylic oxidation sites excluding steroid dienone is 1. The van der Waals surface area contributed by atoms with E-state index in [1.165, 1.54) is 35.2 Å². The number of aromatic nitrogens is 15. The summed E-state index contributed by atoms with van der Waals surface area (Å²) in [6, 6.07) is 38.8. The van der Waals surface area contributed by atoms with Gasteiger partial charge in [0.1, 0.15) is 5.60 Å². The van der Waals surface area contributed by atoms with Crippen LogP contribution in [0.3, 0.4) is 0 Å². The summed E-state index contributed by atoms with van der Waals surface area (Å²) in [7, 11) is -4.37. The Bertz CT molecular complexity index is 6920. The molecule has 33 nitrogen and oxygen atoms in total. The van der Waals surface area contributed by atoms with Crippen molar-refractivity contribution in [2.45, 2.75) is 86.0 Å². The van der Waals surface area contributed by atoms with E-state index in [2.05, 4.69) is 88.5 Å². The molecule has 11 aromatic heterocycles. The first-order valence-corrected chi connectivity index (χ1v) is 48.4. The van der Waals surface area contributed by atoms with Gasteiger partial charge in [0.25, 0.3) is 30.1 Å². The summed E-state index contributed by atoms with van der Waals surface area (Å²) >= 11 is 0. The second-order valence-electron chi connectivity index (χ2n) is 34.8. The van der Waals surface area contributed by atoms with E-state index in [0.717, 1.165) is 136 Å². The molecule has 2 saturated carbocycles. The van der Waals surface area contributed by atoms with Gasteiger partial charge in [0, 0.05) is 267 Å². The van der Waals surface area contributed by atoms with Gasteiger partial charge in [-0.05, 0) is 137 Å². The lowest BCUT2D eigenvalue weighted by Crippen LogP contribution is -2.51. The Morgan fingerprint density at radius 3 is 1.05 bits per heavy atom. The Morgan fingerprint density at radius 1 is 0.392 bits per heavy atom. The molecule has 0 unspecified atom stereocenters. The first kappa shape index (κ1) is 87.4. The molecule has 674 valence electrons. The minimum absolute atomic E-state index is 0.177. The van der Waals surface area contributed by atoms with Crippen LogP contribution >= 0.6 is 0 Å². The predicted octanol–water partition coefficient (Wildman–Crippen LogP) is 11.3. The maximum absolute atomic E-state index is 13.9. The van der Waals surface area contributed by atoms with Gasteiger partial charge in [-0.25, -0.2) is 56.9 Å². The number of rotatable bonds is 16. The zero-order valence-corrected chi connectivity index (χ0v) is 76.2. The van der Waals surface area contributed by atoms with Crippen LogP contribution in [0.25, 0.3) is 78.5 Å². The van der Waals surface area contributed by atoms with Gasteiger partial charge in [0.05, 0.1) is 62.2 Å². The number of carbonyl (C=O) groups is 3. The van der Waals surface area contributed by atoms with Gasteiger partial charge in [0.15, 0.2) is 16.9 Å². The van der Waals surface area contributed by atoms with E-state index in [-0.39, 0.29) is 32.6 Å². The standard InChI is InChI=1S/C26H30N6O4S.C26H28N6O3S.C21H22N6O2S.C21H25N5O/c1-26(2,3)36-25(33)31-14-12-30(13-15-31)22-10-11-27-24-21(22)16-23(19-17-28-29(4)18-19)32(24)37(34,35)20-8-6-5-7-9-20;1-29-18-20(17-28-29)24-16-22-23(30-12-14-31(15-13-30)26(33)19-6-5-7-19)10-11-27-25(22)32(24)36(34,35)21-8-3-2-4-9-21;1-25-15-16(14-24-25)20-13-18-19(26-11-9-22-10-12-26)7-8-23-21(18)27(20)30(28,29)17-5-3-2-4-6-17;1-24-14-17(13-23-24)16-11-18-19(12-16)22-6-5-20(18)25-7-9-26(10-8-25)21(27)15-3-2-4-15/h5-11,16-18H,12-15H2,1-4H3;2-4,8-11,16-19H,5-7,12-15H2,1H3;2-8,13-15,22H,9-12H2,1H3;5-6,11,13-15H,2-4,7-10,12H2,1H3. The number of fused-ring (bicyclic) bond motifs is 4. The Labute approximate surface area is 755 Å². The number of ether oxygens (including phenoxy) is 1. The molecule has 0 atom stereocenters. The number of hydrogen-bond acceptors (Lipinski definition) is 23. The SMILES string of the molecule is Cn1cc(-c2cc3c(N4CCN(C(=O)C5CCC5)CC4)ccnc3n2S(=O)(=O)c2ccccc2)cn1.Cn1cc(-c2cc3c(N4CCN(C(=O)OC(C)(C)C)CC4)ccnc3n2S(=O)(=O)c2ccccc2)cn1.Cn1cc(-c2cc3c(N4CCNCC4)ccnc3n2S(=O)(=O)c2ccccc2)cn1.Cn1cc(C2=Cc3c(N4CCN(C(=O)C5CCC5)CC4)ccnc3C2)cn1. The van der Waals surface area contributed by atoms with Crippen molar-refractivity contribution >= 4 is 115 Å². The third-order valence-corrected chi connectivity index (χ3v) is 30.2. The Kier molecular flexibility index (Phi) is 24.4. The van der Waals surface area contributed by atoms with E-state index in [1.54, 1.807) is 174 Å². The van der Waals surface area contributed by atoms with Crippen LogP contribution in [-0.4, -0.2) is 239 Å². The molecular weight excluding hydrogens is 1710 g/mol. The first-order chi connectivity index (χ1) is 62.7. The molecule has 7 aliphatic rings. The van der Waals surface area contributed by atoms with Gasteiger partial charge in [-0.15, -0.1) is 0 Å². The van der Waals surface area contributed by atoms with Crippen molar-refractivity contribution in [1.82, 2.24) is 91.0 Å². The molecule has 3 aliphatic carbocycles. The lowest BCUT2D eigenvalue weighted by molar-refractivity contribution is -0.139. The molecule has 0 bridgehead atoms. The van der Waals surface area contributed by atoms with Crippen LogP contribution in [0.4, 0.5) is 27.5 Å². The van der Waals surface area contributed by atoms with E-state index < -0.39 is 35.7 Å². The molecule has 14 aromatic rings. The van der Waals surface area contributed by atoms with E-state index >= 15 is 0 Å². The number of nitrogens with zero attached hydrogens (tertiary/aromatic N) is 22. The number of pyridine rings is 4. The average molecular weight is 1810 g/mol. The number of piperazine rings is 4. The number of anilines is 4. The van der Waals surface area contributed by atoms with Gasteiger partial charge >= 0.3 is 6.09 Å². The number of benzene rings is 3. The average Bonchev–Trinajstić information content (AvgIpc) is 1.59. The van der Waals surface area contributed by atoms with Gasteiger partial charge in [-0.2, -0.15) is 20.4 Å². The normalized spacial score (nSPS) is 16.5. The summed E-state index contributed by atoms with van der Waals surface area (Å²) in [5, 5.41) is 22.7. The van der Waals surface area contributed by atoms with Crippen LogP contribution in [0.5, 0.6) is 0 Å². The molecule has 0 spiro atoms. The van der Waals surface area contributed by atoms with Crippen LogP contribution < -0.4 is 24.9 Å². The number of amides is 3. The Morgan fingerprint density at radius 2 is 0.715 bits per heavy atom. The van der Waals surface area contributed by atoms with E-state index in [0.29, 0.717) is 115 Å².